The number of nitrogens with two attached hydrogens (primary N) is 1. The van der Waals surface area contributed by atoms with Gasteiger partial charge in [0.2, 0.25) is 0 Å². The van der Waals surface area contributed by atoms with Gasteiger partial charge in [0.25, 0.3) is 0 Å². The van der Waals surface area contributed by atoms with Gasteiger partial charge in [-0.25, -0.2) is 4.68 Å². The summed E-state index contributed by atoms with van der Waals surface area (Å²) in [6.45, 7) is 10.7. The zero-order valence-electron chi connectivity index (χ0n) is 11.7. The van der Waals surface area contributed by atoms with Crippen LogP contribution in [0, 0.1) is 6.92 Å². The van der Waals surface area contributed by atoms with Crippen LogP contribution in [0.1, 0.15) is 38.4 Å². The predicted octanol–water partition coefficient (Wildman–Crippen LogP) is 1.86. The molecule has 1 aliphatic heterocycles. The first kappa shape index (κ1) is 13.2. The Hall–Kier alpha value is -1.23. The summed E-state index contributed by atoms with van der Waals surface area (Å²) < 4.78 is 1.98. The van der Waals surface area contributed by atoms with E-state index < -0.39 is 0 Å². The van der Waals surface area contributed by atoms with Gasteiger partial charge in [-0.1, -0.05) is 0 Å². The number of anilines is 2. The first-order chi connectivity index (χ1) is 8.59. The lowest BCUT2D eigenvalue weighted by Gasteiger charge is -2.17. The van der Waals surface area contributed by atoms with Crippen LogP contribution in [0.15, 0.2) is 0 Å². The Balaban J connectivity index is 1.95. The van der Waals surface area contributed by atoms with Gasteiger partial charge in [-0.05, 0) is 46.7 Å². The molecule has 2 heterocycles. The van der Waals surface area contributed by atoms with Gasteiger partial charge in [0.15, 0.2) is 0 Å². The van der Waals surface area contributed by atoms with Gasteiger partial charge in [-0.3, -0.25) is 0 Å². The highest BCUT2D eigenvalue weighted by atomic mass is 15.4. The molecule has 1 aromatic heterocycles. The smallest absolute Gasteiger partial charge is 0.148 e. The fraction of sp³-hybridized carbons (Fsp3) is 0.769. The third kappa shape index (κ3) is 2.77. The topological polar surface area (TPSA) is 59.1 Å². The molecule has 0 amide bonds. The van der Waals surface area contributed by atoms with E-state index in [9.17, 15) is 0 Å². The number of aryl methyl sites for hydroxylation is 1. The van der Waals surface area contributed by atoms with Gasteiger partial charge >= 0.3 is 0 Å². The van der Waals surface area contributed by atoms with Crippen molar-refractivity contribution in [2.24, 2.45) is 0 Å². The number of nitrogens with one attached hydrogen (secondary N) is 1. The van der Waals surface area contributed by atoms with Gasteiger partial charge < -0.3 is 16.0 Å². The van der Waals surface area contributed by atoms with Crippen LogP contribution in [0.5, 0.6) is 0 Å². The van der Waals surface area contributed by atoms with Gasteiger partial charge in [0.05, 0.1) is 11.4 Å². The average molecular weight is 251 g/mol. The van der Waals surface area contributed by atoms with Crippen molar-refractivity contribution in [1.82, 2.24) is 14.7 Å². The molecular weight excluding hydrogens is 226 g/mol. The van der Waals surface area contributed by atoms with Crippen LogP contribution in [-0.4, -0.2) is 40.9 Å². The number of nitrogens with zero attached hydrogens (tertiary/aromatic N) is 3. The zero-order valence-corrected chi connectivity index (χ0v) is 11.7. The highest BCUT2D eigenvalue weighted by molar-refractivity contribution is 5.64. The standard InChI is InChI=1S/C13H25N5/c1-10(2)18-13(12(14)11(3)16-18)15-6-9-17-7-4-5-8-17/h10,15H,4-9,14H2,1-3H3. The number of hydrogen-bond acceptors (Lipinski definition) is 4. The highest BCUT2D eigenvalue weighted by Gasteiger charge is 2.15. The summed E-state index contributed by atoms with van der Waals surface area (Å²) in [5.41, 5.74) is 7.77. The molecule has 1 fully saturated rings. The molecule has 1 aliphatic rings. The number of nitrogen functional groups attached to an aromatic ring is 1. The van der Waals surface area contributed by atoms with Gasteiger partial charge in [-0.2, -0.15) is 5.10 Å². The summed E-state index contributed by atoms with van der Waals surface area (Å²) in [4.78, 5) is 2.49. The van der Waals surface area contributed by atoms with Gasteiger partial charge in [0, 0.05) is 19.1 Å². The zero-order chi connectivity index (χ0) is 13.1. The molecule has 102 valence electrons. The molecule has 5 nitrogen and oxygen atoms in total. The maximum Gasteiger partial charge on any atom is 0.148 e. The van der Waals surface area contributed by atoms with Crippen molar-refractivity contribution in [1.29, 1.82) is 0 Å². The van der Waals surface area contributed by atoms with Gasteiger partial charge in [0.1, 0.15) is 5.82 Å². The fourth-order valence-electron chi connectivity index (χ4n) is 2.45. The molecule has 18 heavy (non-hydrogen) atoms. The molecule has 3 N–H and O–H groups in total. The fourth-order valence-corrected chi connectivity index (χ4v) is 2.45. The maximum absolute atomic E-state index is 6.08. The van der Waals surface area contributed by atoms with E-state index in [1.165, 1.54) is 25.9 Å². The Morgan fingerprint density at radius 1 is 1.33 bits per heavy atom. The van der Waals surface area contributed by atoms with E-state index in [2.05, 4.69) is 29.2 Å². The predicted molar refractivity (Wildman–Crippen MR) is 75.9 cm³/mol. The van der Waals surface area contributed by atoms with Crippen LogP contribution in [0.25, 0.3) is 0 Å². The minimum absolute atomic E-state index is 0.329. The Morgan fingerprint density at radius 2 is 2.00 bits per heavy atom. The summed E-state index contributed by atoms with van der Waals surface area (Å²) >= 11 is 0. The Morgan fingerprint density at radius 3 is 2.61 bits per heavy atom. The SMILES string of the molecule is Cc1nn(C(C)C)c(NCCN2CCCC2)c1N. The van der Waals surface area contributed by atoms with Crippen molar-refractivity contribution in [2.75, 3.05) is 37.2 Å². The molecule has 0 bridgehead atoms. The lowest BCUT2D eigenvalue weighted by Crippen LogP contribution is -2.26. The van der Waals surface area contributed by atoms with E-state index in [1.54, 1.807) is 0 Å². The quantitative estimate of drug-likeness (QED) is 0.838. The van der Waals surface area contributed by atoms with Crippen molar-refractivity contribution in [2.45, 2.75) is 39.7 Å². The van der Waals surface area contributed by atoms with Crippen LogP contribution in [0.4, 0.5) is 11.5 Å². The maximum atomic E-state index is 6.08. The molecule has 0 aliphatic carbocycles. The lowest BCUT2D eigenvalue weighted by molar-refractivity contribution is 0.352. The van der Waals surface area contributed by atoms with Crippen LogP contribution < -0.4 is 11.1 Å². The summed E-state index contributed by atoms with van der Waals surface area (Å²) in [6.07, 6.45) is 2.68. The Bertz CT molecular complexity index is 390. The van der Waals surface area contributed by atoms with Crippen molar-refractivity contribution >= 4 is 11.5 Å². The largest absolute Gasteiger partial charge is 0.394 e. The second-order valence-electron chi connectivity index (χ2n) is 5.36. The van der Waals surface area contributed by atoms with Crippen LogP contribution in [-0.2, 0) is 0 Å². The molecule has 1 saturated heterocycles. The van der Waals surface area contributed by atoms with Crippen LogP contribution in [0.2, 0.25) is 0 Å². The van der Waals surface area contributed by atoms with E-state index in [0.29, 0.717) is 6.04 Å². The summed E-state index contributed by atoms with van der Waals surface area (Å²) in [7, 11) is 0. The van der Waals surface area contributed by atoms with E-state index >= 15 is 0 Å². The van der Waals surface area contributed by atoms with Crippen molar-refractivity contribution in [3.05, 3.63) is 5.69 Å². The number of rotatable bonds is 5. The molecule has 0 atom stereocenters. The summed E-state index contributed by atoms with van der Waals surface area (Å²) in [5, 5.41) is 7.92. The molecule has 0 radical (unpaired) electrons. The van der Waals surface area contributed by atoms with Crippen molar-refractivity contribution < 1.29 is 0 Å². The molecule has 0 unspecified atom stereocenters. The minimum Gasteiger partial charge on any atom is -0.394 e. The molecular formula is C13H25N5. The third-order valence-corrected chi connectivity index (χ3v) is 3.54. The average Bonchev–Trinajstić information content (AvgIpc) is 2.92. The first-order valence-electron chi connectivity index (χ1n) is 6.90. The molecule has 2 rings (SSSR count). The van der Waals surface area contributed by atoms with E-state index in [0.717, 1.165) is 30.3 Å². The number of aromatic nitrogens is 2. The minimum atomic E-state index is 0.329. The molecule has 0 spiro atoms. The highest BCUT2D eigenvalue weighted by Crippen LogP contribution is 2.25. The van der Waals surface area contributed by atoms with Crippen molar-refractivity contribution in [3.63, 3.8) is 0 Å². The second kappa shape index (κ2) is 5.61. The van der Waals surface area contributed by atoms with E-state index in [-0.39, 0.29) is 0 Å². The Kier molecular flexibility index (Phi) is 4.11. The number of likely N-dealkylation sites (tertiary alicyclic amines) is 1. The first-order valence-corrected chi connectivity index (χ1v) is 6.90. The summed E-state index contributed by atoms with van der Waals surface area (Å²) in [5.74, 6) is 0.974. The van der Waals surface area contributed by atoms with Crippen LogP contribution >= 0.6 is 0 Å². The molecule has 1 aromatic rings. The second-order valence-corrected chi connectivity index (χ2v) is 5.36. The normalized spacial score (nSPS) is 16.7. The molecule has 0 saturated carbocycles. The third-order valence-electron chi connectivity index (χ3n) is 3.54. The Labute approximate surface area is 109 Å². The lowest BCUT2D eigenvalue weighted by atomic mass is 10.3. The van der Waals surface area contributed by atoms with Crippen molar-refractivity contribution in [3.8, 4) is 0 Å². The molecule has 5 heteroatoms. The molecule has 0 aromatic carbocycles. The monoisotopic (exact) mass is 251 g/mol. The van der Waals surface area contributed by atoms with E-state index in [4.69, 9.17) is 5.73 Å². The van der Waals surface area contributed by atoms with E-state index in [1.807, 2.05) is 11.6 Å². The number of hydrogen-bond donors (Lipinski definition) is 2. The van der Waals surface area contributed by atoms with Crippen LogP contribution in [0.3, 0.4) is 0 Å². The summed E-state index contributed by atoms with van der Waals surface area (Å²) in [6, 6.07) is 0.329. The van der Waals surface area contributed by atoms with Gasteiger partial charge in [-0.15, -0.1) is 0 Å².